The van der Waals surface area contributed by atoms with Crippen LogP contribution in [0, 0.1) is 0 Å². The van der Waals surface area contributed by atoms with Crippen molar-refractivity contribution >= 4 is 28.1 Å². The van der Waals surface area contributed by atoms with E-state index >= 15 is 0 Å². The Kier molecular flexibility index (Phi) is 6.03. The second-order valence-electron chi connectivity index (χ2n) is 5.12. The van der Waals surface area contributed by atoms with E-state index in [0.29, 0.717) is 0 Å². The maximum atomic E-state index is 5.95. The molecule has 1 unspecified atom stereocenters. The molecule has 1 heterocycles. The molecule has 0 bridgehead atoms. The number of hydrogen-bond acceptors (Lipinski definition) is 4. The van der Waals surface area contributed by atoms with E-state index in [4.69, 9.17) is 11.6 Å². The highest BCUT2D eigenvalue weighted by Crippen LogP contribution is 2.29. The zero-order valence-electron chi connectivity index (χ0n) is 12.8. The number of benzene rings is 1. The van der Waals surface area contributed by atoms with Gasteiger partial charge in [-0.25, -0.2) is 4.98 Å². The molecule has 3 nitrogen and oxygen atoms in total. The summed E-state index contributed by atoms with van der Waals surface area (Å²) >= 11 is 7.69. The molecule has 21 heavy (non-hydrogen) atoms. The summed E-state index contributed by atoms with van der Waals surface area (Å²) in [5.74, 6) is 0. The lowest BCUT2D eigenvalue weighted by atomic mass is 10.1. The van der Waals surface area contributed by atoms with Gasteiger partial charge in [0.25, 0.3) is 0 Å². The number of hydrogen-bond donors (Lipinski definition) is 1. The van der Waals surface area contributed by atoms with E-state index in [9.17, 15) is 0 Å². The molecule has 0 saturated heterocycles. The zero-order valence-corrected chi connectivity index (χ0v) is 14.3. The molecule has 0 saturated carbocycles. The molecule has 2 aromatic rings. The van der Waals surface area contributed by atoms with Crippen molar-refractivity contribution in [2.24, 2.45) is 0 Å². The van der Waals surface area contributed by atoms with Crippen LogP contribution in [-0.2, 0) is 6.54 Å². The summed E-state index contributed by atoms with van der Waals surface area (Å²) in [6.45, 7) is 6.30. The smallest absolute Gasteiger partial charge is 0.185 e. The van der Waals surface area contributed by atoms with Gasteiger partial charge in [0, 0.05) is 29.7 Å². The summed E-state index contributed by atoms with van der Waals surface area (Å²) in [6, 6.07) is 8.28. The molecule has 0 aliphatic heterocycles. The molecular formula is C16H22ClN3S. The number of nitrogens with one attached hydrogen (secondary N) is 1. The van der Waals surface area contributed by atoms with Gasteiger partial charge in [0.1, 0.15) is 0 Å². The lowest BCUT2D eigenvalue weighted by Crippen LogP contribution is -2.21. The van der Waals surface area contributed by atoms with Crippen LogP contribution < -0.4 is 10.2 Å². The number of rotatable bonds is 7. The first kappa shape index (κ1) is 16.3. The standard InChI is InChI=1S/C16H22ClN3S/c1-4-9-18-10-15-11-19-16(21-15)20(3)12(2)13-5-7-14(17)8-6-13/h5-8,11-12,18H,4,9-10H2,1-3H3. The number of anilines is 1. The molecule has 2 rings (SSSR count). The third kappa shape index (κ3) is 4.43. The Hall–Kier alpha value is -1.10. The van der Waals surface area contributed by atoms with Gasteiger partial charge in [-0.15, -0.1) is 11.3 Å². The van der Waals surface area contributed by atoms with Gasteiger partial charge in [-0.1, -0.05) is 30.7 Å². The summed E-state index contributed by atoms with van der Waals surface area (Å²) in [7, 11) is 2.08. The van der Waals surface area contributed by atoms with Gasteiger partial charge >= 0.3 is 0 Å². The van der Waals surface area contributed by atoms with Crippen LogP contribution in [0.25, 0.3) is 0 Å². The van der Waals surface area contributed by atoms with Gasteiger partial charge in [-0.3, -0.25) is 0 Å². The Bertz CT molecular complexity index is 553. The topological polar surface area (TPSA) is 28.2 Å². The van der Waals surface area contributed by atoms with Crippen molar-refractivity contribution in [1.82, 2.24) is 10.3 Å². The second kappa shape index (κ2) is 7.78. The molecule has 0 radical (unpaired) electrons. The van der Waals surface area contributed by atoms with E-state index in [0.717, 1.165) is 29.7 Å². The van der Waals surface area contributed by atoms with Gasteiger partial charge in [0.15, 0.2) is 5.13 Å². The molecule has 1 atom stereocenters. The fourth-order valence-corrected chi connectivity index (χ4v) is 3.11. The summed E-state index contributed by atoms with van der Waals surface area (Å²) in [6.07, 6.45) is 3.12. The van der Waals surface area contributed by atoms with Crippen LogP contribution in [-0.4, -0.2) is 18.6 Å². The number of halogens is 1. The summed E-state index contributed by atoms with van der Waals surface area (Å²) in [5.41, 5.74) is 1.24. The highest BCUT2D eigenvalue weighted by atomic mass is 35.5. The minimum atomic E-state index is 0.268. The lowest BCUT2D eigenvalue weighted by Gasteiger charge is -2.24. The van der Waals surface area contributed by atoms with Crippen LogP contribution in [0.2, 0.25) is 5.02 Å². The molecule has 0 amide bonds. The quantitative estimate of drug-likeness (QED) is 0.761. The van der Waals surface area contributed by atoms with Crippen molar-refractivity contribution in [3.63, 3.8) is 0 Å². The van der Waals surface area contributed by atoms with Gasteiger partial charge in [-0.05, 0) is 37.6 Å². The first-order valence-electron chi connectivity index (χ1n) is 7.25. The summed E-state index contributed by atoms with van der Waals surface area (Å²) in [4.78, 5) is 8.01. The maximum Gasteiger partial charge on any atom is 0.185 e. The fourth-order valence-electron chi connectivity index (χ4n) is 2.06. The Balaban J connectivity index is 2.01. The molecule has 1 N–H and O–H groups in total. The first-order valence-corrected chi connectivity index (χ1v) is 8.45. The van der Waals surface area contributed by atoms with Crippen LogP contribution in [0.4, 0.5) is 5.13 Å². The Morgan fingerprint density at radius 3 is 2.71 bits per heavy atom. The van der Waals surface area contributed by atoms with Gasteiger partial charge in [-0.2, -0.15) is 0 Å². The fraction of sp³-hybridized carbons (Fsp3) is 0.438. The van der Waals surface area contributed by atoms with Crippen LogP contribution in [0.3, 0.4) is 0 Å². The number of aromatic nitrogens is 1. The summed E-state index contributed by atoms with van der Waals surface area (Å²) < 4.78 is 0. The molecule has 0 aliphatic carbocycles. The summed E-state index contributed by atoms with van der Waals surface area (Å²) in [5, 5.41) is 5.23. The van der Waals surface area contributed by atoms with Crippen molar-refractivity contribution in [1.29, 1.82) is 0 Å². The molecule has 0 aliphatic rings. The second-order valence-corrected chi connectivity index (χ2v) is 6.65. The van der Waals surface area contributed by atoms with Crippen LogP contribution in [0.15, 0.2) is 30.5 Å². The molecule has 1 aromatic heterocycles. The predicted octanol–water partition coefficient (Wildman–Crippen LogP) is 4.49. The minimum absolute atomic E-state index is 0.268. The lowest BCUT2D eigenvalue weighted by molar-refractivity contribution is 0.681. The van der Waals surface area contributed by atoms with E-state index in [2.05, 4.69) is 48.2 Å². The average Bonchev–Trinajstić information content (AvgIpc) is 2.96. The predicted molar refractivity (Wildman–Crippen MR) is 92.4 cm³/mol. The van der Waals surface area contributed by atoms with Gasteiger partial charge in [0.05, 0.1) is 6.04 Å². The van der Waals surface area contributed by atoms with E-state index in [1.54, 1.807) is 11.3 Å². The largest absolute Gasteiger partial charge is 0.344 e. The van der Waals surface area contributed by atoms with E-state index in [1.807, 2.05) is 18.3 Å². The van der Waals surface area contributed by atoms with Crippen molar-refractivity contribution in [3.8, 4) is 0 Å². The first-order chi connectivity index (χ1) is 10.1. The van der Waals surface area contributed by atoms with Crippen LogP contribution in [0.1, 0.15) is 36.8 Å². The minimum Gasteiger partial charge on any atom is -0.344 e. The Labute approximate surface area is 136 Å². The molecule has 0 spiro atoms. The van der Waals surface area contributed by atoms with E-state index < -0.39 is 0 Å². The zero-order chi connectivity index (χ0) is 15.2. The molecule has 1 aromatic carbocycles. The van der Waals surface area contributed by atoms with Crippen molar-refractivity contribution in [3.05, 3.63) is 45.9 Å². The maximum absolute atomic E-state index is 5.95. The van der Waals surface area contributed by atoms with E-state index in [1.165, 1.54) is 10.4 Å². The highest BCUT2D eigenvalue weighted by Gasteiger charge is 2.15. The Morgan fingerprint density at radius 2 is 2.05 bits per heavy atom. The molecule has 0 fully saturated rings. The average molecular weight is 324 g/mol. The van der Waals surface area contributed by atoms with Crippen molar-refractivity contribution < 1.29 is 0 Å². The SMILES string of the molecule is CCCNCc1cnc(N(C)C(C)c2ccc(Cl)cc2)s1. The number of thiazole rings is 1. The van der Waals surface area contributed by atoms with Crippen molar-refractivity contribution in [2.75, 3.05) is 18.5 Å². The molecule has 114 valence electrons. The third-order valence-electron chi connectivity index (χ3n) is 3.50. The van der Waals surface area contributed by atoms with E-state index in [-0.39, 0.29) is 6.04 Å². The van der Waals surface area contributed by atoms with Crippen LogP contribution in [0.5, 0.6) is 0 Å². The molecule has 5 heteroatoms. The normalized spacial score (nSPS) is 12.4. The monoisotopic (exact) mass is 323 g/mol. The van der Waals surface area contributed by atoms with Gasteiger partial charge in [0.2, 0.25) is 0 Å². The van der Waals surface area contributed by atoms with Crippen LogP contribution >= 0.6 is 22.9 Å². The van der Waals surface area contributed by atoms with Gasteiger partial charge < -0.3 is 10.2 Å². The number of nitrogens with zero attached hydrogens (tertiary/aromatic N) is 2. The Morgan fingerprint density at radius 1 is 1.33 bits per heavy atom. The highest BCUT2D eigenvalue weighted by molar-refractivity contribution is 7.15. The third-order valence-corrected chi connectivity index (χ3v) is 4.84. The van der Waals surface area contributed by atoms with Crippen molar-refractivity contribution in [2.45, 2.75) is 32.9 Å². The molecular weight excluding hydrogens is 302 g/mol.